The third kappa shape index (κ3) is 4.00. The van der Waals surface area contributed by atoms with E-state index in [0.717, 1.165) is 0 Å². The summed E-state index contributed by atoms with van der Waals surface area (Å²) < 4.78 is 13.6. The zero-order valence-electron chi connectivity index (χ0n) is 11.4. The third-order valence-corrected chi connectivity index (χ3v) is 3.45. The van der Waals surface area contributed by atoms with Crippen molar-refractivity contribution in [2.24, 2.45) is 0 Å². The first-order valence-corrected chi connectivity index (χ1v) is 6.70. The van der Waals surface area contributed by atoms with E-state index in [4.69, 9.17) is 11.6 Å². The predicted octanol–water partition coefficient (Wildman–Crippen LogP) is 4.02. The lowest BCUT2D eigenvalue weighted by molar-refractivity contribution is -0.384. The van der Waals surface area contributed by atoms with Crippen LogP contribution in [0.4, 0.5) is 10.1 Å². The summed E-state index contributed by atoms with van der Waals surface area (Å²) in [4.78, 5) is 12.2. The van der Waals surface area contributed by atoms with Crippen LogP contribution < -0.4 is 0 Å². The van der Waals surface area contributed by atoms with Crippen molar-refractivity contribution in [2.75, 3.05) is 7.05 Å². The molecule has 0 fully saturated rings. The number of halogens is 2. The Morgan fingerprint density at radius 3 is 2.52 bits per heavy atom. The normalized spacial score (nSPS) is 10.9. The van der Waals surface area contributed by atoms with Crippen LogP contribution in [0.5, 0.6) is 0 Å². The van der Waals surface area contributed by atoms with Gasteiger partial charge in [-0.2, -0.15) is 0 Å². The summed E-state index contributed by atoms with van der Waals surface area (Å²) in [7, 11) is 1.81. The van der Waals surface area contributed by atoms with Gasteiger partial charge >= 0.3 is 0 Å². The molecule has 0 unspecified atom stereocenters. The topological polar surface area (TPSA) is 46.4 Å². The highest BCUT2D eigenvalue weighted by Crippen LogP contribution is 2.23. The molecule has 0 radical (unpaired) electrons. The Labute approximate surface area is 126 Å². The van der Waals surface area contributed by atoms with E-state index < -0.39 is 4.92 Å². The van der Waals surface area contributed by atoms with Crippen molar-refractivity contribution in [3.8, 4) is 0 Å². The minimum atomic E-state index is -0.462. The highest BCUT2D eigenvalue weighted by atomic mass is 35.5. The molecule has 0 heterocycles. The van der Waals surface area contributed by atoms with Crippen LogP contribution in [-0.2, 0) is 13.1 Å². The molecule has 0 saturated carbocycles. The van der Waals surface area contributed by atoms with E-state index in [-0.39, 0.29) is 11.5 Å². The summed E-state index contributed by atoms with van der Waals surface area (Å²) in [6.45, 7) is 0.792. The van der Waals surface area contributed by atoms with Gasteiger partial charge in [-0.15, -0.1) is 0 Å². The zero-order valence-corrected chi connectivity index (χ0v) is 12.2. The molecular weight excluding hydrogens is 295 g/mol. The van der Waals surface area contributed by atoms with Crippen LogP contribution in [0.1, 0.15) is 11.1 Å². The molecule has 0 amide bonds. The van der Waals surface area contributed by atoms with Crippen LogP contribution in [0.3, 0.4) is 0 Å². The fraction of sp³-hybridized carbons (Fsp3) is 0.200. The molecule has 0 aromatic heterocycles. The minimum Gasteiger partial charge on any atom is -0.298 e. The molecular formula is C15H14ClFN2O2. The molecule has 21 heavy (non-hydrogen) atoms. The number of hydrogen-bond acceptors (Lipinski definition) is 3. The van der Waals surface area contributed by atoms with E-state index in [1.54, 1.807) is 18.2 Å². The first-order chi connectivity index (χ1) is 9.97. The fourth-order valence-electron chi connectivity index (χ4n) is 2.06. The second kappa shape index (κ2) is 6.65. The second-order valence-electron chi connectivity index (χ2n) is 4.80. The number of rotatable bonds is 5. The summed E-state index contributed by atoms with van der Waals surface area (Å²) in [5, 5.41) is 11.2. The molecule has 0 bridgehead atoms. The number of hydrogen-bond donors (Lipinski definition) is 0. The average molecular weight is 309 g/mol. The van der Waals surface area contributed by atoms with Gasteiger partial charge in [-0.25, -0.2) is 4.39 Å². The summed E-state index contributed by atoms with van der Waals surface area (Å²) in [6.07, 6.45) is 0. The van der Waals surface area contributed by atoms with Gasteiger partial charge in [0.1, 0.15) is 5.82 Å². The highest BCUT2D eigenvalue weighted by molar-refractivity contribution is 6.31. The Hall–Kier alpha value is -1.98. The number of nitrogens with zero attached hydrogens (tertiary/aromatic N) is 2. The van der Waals surface area contributed by atoms with Crippen molar-refractivity contribution >= 4 is 17.3 Å². The van der Waals surface area contributed by atoms with Crippen molar-refractivity contribution in [1.29, 1.82) is 0 Å². The highest BCUT2D eigenvalue weighted by Gasteiger charge is 2.12. The van der Waals surface area contributed by atoms with E-state index in [2.05, 4.69) is 0 Å². The molecule has 0 aliphatic heterocycles. The number of non-ortho nitro benzene ring substituents is 1. The lowest BCUT2D eigenvalue weighted by atomic mass is 10.1. The maximum absolute atomic E-state index is 13.6. The van der Waals surface area contributed by atoms with Gasteiger partial charge in [0.15, 0.2) is 0 Å². The standard InChI is InChI=1S/C15H14ClFN2O2/c1-18(9-11-4-2-3-5-15(11)17)10-12-8-13(19(20)21)6-7-14(12)16/h2-8H,9-10H2,1H3. The Morgan fingerprint density at radius 1 is 1.19 bits per heavy atom. The molecule has 0 N–H and O–H groups in total. The monoisotopic (exact) mass is 308 g/mol. The summed E-state index contributed by atoms with van der Waals surface area (Å²) in [6, 6.07) is 10.8. The van der Waals surface area contributed by atoms with Gasteiger partial charge in [0.05, 0.1) is 4.92 Å². The van der Waals surface area contributed by atoms with Crippen LogP contribution in [0.15, 0.2) is 42.5 Å². The van der Waals surface area contributed by atoms with Crippen molar-refractivity contribution in [1.82, 2.24) is 4.90 Å². The first kappa shape index (κ1) is 15.4. The van der Waals surface area contributed by atoms with Gasteiger partial charge in [0.2, 0.25) is 0 Å². The average Bonchev–Trinajstić information content (AvgIpc) is 2.43. The van der Waals surface area contributed by atoms with Gasteiger partial charge in [-0.3, -0.25) is 15.0 Å². The lowest BCUT2D eigenvalue weighted by Gasteiger charge is -2.17. The molecule has 110 valence electrons. The van der Waals surface area contributed by atoms with Gasteiger partial charge < -0.3 is 0 Å². The van der Waals surface area contributed by atoms with Crippen LogP contribution >= 0.6 is 11.6 Å². The molecule has 2 rings (SSSR count). The molecule has 2 aromatic rings. The number of benzene rings is 2. The van der Waals surface area contributed by atoms with E-state index in [0.29, 0.717) is 29.2 Å². The molecule has 0 spiro atoms. The minimum absolute atomic E-state index is 0.00584. The Balaban J connectivity index is 2.12. The van der Waals surface area contributed by atoms with E-state index in [9.17, 15) is 14.5 Å². The number of nitro benzene ring substituents is 1. The zero-order chi connectivity index (χ0) is 15.4. The molecule has 0 atom stereocenters. The summed E-state index contributed by atoms with van der Waals surface area (Å²) in [5.74, 6) is -0.269. The number of nitro groups is 1. The Bertz CT molecular complexity index is 664. The quantitative estimate of drug-likeness (QED) is 0.619. The van der Waals surface area contributed by atoms with Crippen molar-refractivity contribution in [3.05, 3.63) is 74.5 Å². The maximum atomic E-state index is 13.6. The van der Waals surface area contributed by atoms with E-state index in [1.165, 1.54) is 24.3 Å². The van der Waals surface area contributed by atoms with Crippen LogP contribution in [0, 0.1) is 15.9 Å². The fourth-order valence-corrected chi connectivity index (χ4v) is 2.24. The summed E-state index contributed by atoms with van der Waals surface area (Å²) in [5.41, 5.74) is 1.21. The third-order valence-electron chi connectivity index (χ3n) is 3.08. The van der Waals surface area contributed by atoms with Crippen molar-refractivity contribution in [3.63, 3.8) is 0 Å². The molecule has 0 aliphatic rings. The largest absolute Gasteiger partial charge is 0.298 e. The second-order valence-corrected chi connectivity index (χ2v) is 5.20. The van der Waals surface area contributed by atoms with Gasteiger partial charge in [-0.1, -0.05) is 29.8 Å². The maximum Gasteiger partial charge on any atom is 0.269 e. The van der Waals surface area contributed by atoms with Crippen LogP contribution in [0.25, 0.3) is 0 Å². The molecule has 0 aliphatic carbocycles. The SMILES string of the molecule is CN(Cc1ccccc1F)Cc1cc([N+](=O)[O-])ccc1Cl. The van der Waals surface area contributed by atoms with E-state index in [1.807, 2.05) is 11.9 Å². The van der Waals surface area contributed by atoms with Crippen molar-refractivity contribution in [2.45, 2.75) is 13.1 Å². The summed E-state index contributed by atoms with van der Waals surface area (Å²) >= 11 is 6.06. The van der Waals surface area contributed by atoms with E-state index >= 15 is 0 Å². The predicted molar refractivity (Wildman–Crippen MR) is 79.7 cm³/mol. The molecule has 4 nitrogen and oxygen atoms in total. The smallest absolute Gasteiger partial charge is 0.269 e. The van der Waals surface area contributed by atoms with Gasteiger partial charge in [0.25, 0.3) is 5.69 Å². The molecule has 2 aromatic carbocycles. The molecule has 0 saturated heterocycles. The van der Waals surface area contributed by atoms with Crippen molar-refractivity contribution < 1.29 is 9.31 Å². The van der Waals surface area contributed by atoms with Gasteiger partial charge in [0, 0.05) is 35.8 Å². The van der Waals surface area contributed by atoms with Crippen LogP contribution in [0.2, 0.25) is 5.02 Å². The van der Waals surface area contributed by atoms with Gasteiger partial charge in [-0.05, 0) is 24.7 Å². The molecule has 6 heteroatoms. The lowest BCUT2D eigenvalue weighted by Crippen LogP contribution is -2.18. The Morgan fingerprint density at radius 2 is 1.86 bits per heavy atom. The first-order valence-electron chi connectivity index (χ1n) is 6.32. The Kier molecular flexibility index (Phi) is 4.88. The van der Waals surface area contributed by atoms with Crippen LogP contribution in [-0.4, -0.2) is 16.9 Å².